The van der Waals surface area contributed by atoms with E-state index >= 15 is 0 Å². The number of hydrogen-bond acceptors (Lipinski definition) is 8. The molecule has 3 heterocycles. The lowest BCUT2D eigenvalue weighted by molar-refractivity contribution is 0.355. The Kier molecular flexibility index (Phi) is 6.17. The van der Waals surface area contributed by atoms with Crippen molar-refractivity contribution in [3.8, 4) is 22.1 Å². The number of thiophene rings is 1. The molecule has 0 aliphatic carbocycles. The number of rotatable bonds is 8. The van der Waals surface area contributed by atoms with Crippen LogP contribution in [-0.2, 0) is 19.2 Å². The van der Waals surface area contributed by atoms with Gasteiger partial charge >= 0.3 is 0 Å². The fourth-order valence-corrected chi connectivity index (χ4v) is 5.25. The van der Waals surface area contributed by atoms with E-state index in [4.69, 9.17) is 14.5 Å². The highest BCUT2D eigenvalue weighted by Gasteiger charge is 2.13. The number of nitrogens with zero attached hydrogens (tertiary/aromatic N) is 4. The number of methoxy groups -OCH3 is 2. The molecule has 0 aliphatic rings. The monoisotopic (exact) mass is 444 g/mol. The summed E-state index contributed by atoms with van der Waals surface area (Å²) >= 11 is 5.01. The fourth-order valence-electron chi connectivity index (χ4n) is 2.81. The predicted octanol–water partition coefficient (Wildman–Crippen LogP) is 4.90. The molecule has 4 aromatic rings. The van der Waals surface area contributed by atoms with Crippen LogP contribution in [0.25, 0.3) is 10.6 Å². The lowest BCUT2D eigenvalue weighted by Gasteiger charge is -2.08. The van der Waals surface area contributed by atoms with Crippen molar-refractivity contribution in [2.45, 2.75) is 17.3 Å². The van der Waals surface area contributed by atoms with Crippen LogP contribution >= 0.6 is 34.4 Å². The number of ether oxygens (including phenoxy) is 2. The van der Waals surface area contributed by atoms with E-state index in [0.29, 0.717) is 11.5 Å². The highest BCUT2D eigenvalue weighted by atomic mass is 32.2. The second kappa shape index (κ2) is 8.98. The molecule has 9 heteroatoms. The highest BCUT2D eigenvalue weighted by molar-refractivity contribution is 7.98. The minimum atomic E-state index is 0.702. The molecule has 0 N–H and O–H groups in total. The van der Waals surface area contributed by atoms with Crippen LogP contribution < -0.4 is 9.47 Å². The molecule has 4 rings (SSSR count). The van der Waals surface area contributed by atoms with Crippen molar-refractivity contribution < 1.29 is 9.47 Å². The standard InChI is InChI=1S/C20H20N4O2S3/c1-24-18(10-15-5-4-8-27-15)22-23-20(24)29-12-14-11-28-19(21-14)13-6-7-16(25-2)17(9-13)26-3/h4-9,11H,10,12H2,1-3H3. The Morgan fingerprint density at radius 3 is 2.69 bits per heavy atom. The van der Waals surface area contributed by atoms with E-state index in [-0.39, 0.29) is 0 Å². The Morgan fingerprint density at radius 2 is 1.93 bits per heavy atom. The molecule has 0 bridgehead atoms. The van der Waals surface area contributed by atoms with Crippen molar-refractivity contribution in [1.82, 2.24) is 19.7 Å². The third kappa shape index (κ3) is 4.47. The first-order valence-corrected chi connectivity index (χ1v) is 11.6. The zero-order valence-corrected chi connectivity index (χ0v) is 18.7. The molecule has 3 aromatic heterocycles. The van der Waals surface area contributed by atoms with Gasteiger partial charge in [-0.25, -0.2) is 4.98 Å². The quantitative estimate of drug-likeness (QED) is 0.360. The van der Waals surface area contributed by atoms with Gasteiger partial charge < -0.3 is 14.0 Å². The maximum absolute atomic E-state index is 5.39. The minimum Gasteiger partial charge on any atom is -0.493 e. The van der Waals surface area contributed by atoms with Crippen LogP contribution in [0.4, 0.5) is 0 Å². The van der Waals surface area contributed by atoms with Crippen molar-refractivity contribution >= 4 is 34.4 Å². The van der Waals surface area contributed by atoms with Crippen molar-refractivity contribution in [2.75, 3.05) is 14.2 Å². The number of aromatic nitrogens is 4. The normalized spacial score (nSPS) is 11.0. The Hall–Kier alpha value is -2.36. The Labute approximate surface area is 181 Å². The van der Waals surface area contributed by atoms with Gasteiger partial charge in [0.1, 0.15) is 10.8 Å². The highest BCUT2D eigenvalue weighted by Crippen LogP contribution is 2.34. The number of thioether (sulfide) groups is 1. The average molecular weight is 445 g/mol. The zero-order valence-electron chi connectivity index (χ0n) is 16.3. The molecular weight excluding hydrogens is 424 g/mol. The molecule has 150 valence electrons. The first-order valence-electron chi connectivity index (χ1n) is 8.88. The summed E-state index contributed by atoms with van der Waals surface area (Å²) in [6, 6.07) is 10.0. The molecule has 0 saturated carbocycles. The van der Waals surface area contributed by atoms with Crippen molar-refractivity contribution in [3.05, 3.63) is 57.5 Å². The Morgan fingerprint density at radius 1 is 1.07 bits per heavy atom. The zero-order chi connectivity index (χ0) is 20.2. The van der Waals surface area contributed by atoms with Gasteiger partial charge in [0.25, 0.3) is 0 Å². The summed E-state index contributed by atoms with van der Waals surface area (Å²) in [5.74, 6) is 3.13. The Bertz CT molecular complexity index is 1090. The first kappa shape index (κ1) is 19.9. The van der Waals surface area contributed by atoms with Crippen molar-refractivity contribution in [1.29, 1.82) is 0 Å². The number of thiazole rings is 1. The van der Waals surface area contributed by atoms with Gasteiger partial charge in [-0.3, -0.25) is 0 Å². The summed E-state index contributed by atoms with van der Waals surface area (Å²) in [5, 5.41) is 14.7. The van der Waals surface area contributed by atoms with Crippen LogP contribution in [0.1, 0.15) is 16.4 Å². The molecule has 1 aromatic carbocycles. The number of benzene rings is 1. The second-order valence-corrected chi connectivity index (χ2v) is 9.05. The van der Waals surface area contributed by atoms with E-state index in [9.17, 15) is 0 Å². The fraction of sp³-hybridized carbons (Fsp3) is 0.250. The van der Waals surface area contributed by atoms with Crippen LogP contribution in [0.3, 0.4) is 0 Å². The predicted molar refractivity (Wildman–Crippen MR) is 118 cm³/mol. The molecule has 6 nitrogen and oxygen atoms in total. The maximum atomic E-state index is 5.39. The molecule has 0 amide bonds. The summed E-state index contributed by atoms with van der Waals surface area (Å²) in [6.45, 7) is 0. The van der Waals surface area contributed by atoms with Crippen LogP contribution in [0.2, 0.25) is 0 Å². The lowest BCUT2D eigenvalue weighted by atomic mass is 10.2. The molecule has 0 spiro atoms. The van der Waals surface area contributed by atoms with Gasteiger partial charge in [-0.05, 0) is 29.6 Å². The molecule has 0 radical (unpaired) electrons. The molecule has 0 unspecified atom stereocenters. The molecule has 0 atom stereocenters. The molecule has 29 heavy (non-hydrogen) atoms. The molecular formula is C20H20N4O2S3. The van der Waals surface area contributed by atoms with Gasteiger partial charge in [0, 0.05) is 35.0 Å². The lowest BCUT2D eigenvalue weighted by Crippen LogP contribution is -1.99. The van der Waals surface area contributed by atoms with Gasteiger partial charge in [0.05, 0.1) is 19.9 Å². The van der Waals surface area contributed by atoms with Crippen LogP contribution in [0, 0.1) is 0 Å². The summed E-state index contributed by atoms with van der Waals surface area (Å²) in [4.78, 5) is 6.06. The molecule has 0 aliphatic heterocycles. The van der Waals surface area contributed by atoms with E-state index in [1.807, 2.05) is 25.2 Å². The molecule has 0 fully saturated rings. The minimum absolute atomic E-state index is 0.702. The van der Waals surface area contributed by atoms with E-state index in [1.165, 1.54) is 4.88 Å². The average Bonchev–Trinajstić information content (AvgIpc) is 3.49. The summed E-state index contributed by atoms with van der Waals surface area (Å²) in [6.07, 6.45) is 0.807. The summed E-state index contributed by atoms with van der Waals surface area (Å²) < 4.78 is 12.8. The third-order valence-electron chi connectivity index (χ3n) is 4.37. The van der Waals surface area contributed by atoms with Crippen LogP contribution in [0.15, 0.2) is 46.2 Å². The van der Waals surface area contributed by atoms with Gasteiger partial charge in [0.2, 0.25) is 0 Å². The van der Waals surface area contributed by atoms with Crippen molar-refractivity contribution in [2.24, 2.45) is 7.05 Å². The van der Waals surface area contributed by atoms with E-state index < -0.39 is 0 Å². The summed E-state index contributed by atoms with van der Waals surface area (Å²) in [7, 11) is 5.29. The van der Waals surface area contributed by atoms with Gasteiger partial charge in [-0.15, -0.1) is 32.9 Å². The third-order valence-corrected chi connectivity index (χ3v) is 7.24. The SMILES string of the molecule is COc1ccc(-c2nc(CSc3nnc(Cc4cccs4)n3C)cs2)cc1OC. The van der Waals surface area contributed by atoms with E-state index in [1.54, 1.807) is 48.7 Å². The number of hydrogen-bond donors (Lipinski definition) is 0. The van der Waals surface area contributed by atoms with E-state index in [2.05, 4.69) is 37.7 Å². The summed E-state index contributed by atoms with van der Waals surface area (Å²) in [5.41, 5.74) is 2.04. The Balaban J connectivity index is 1.43. The van der Waals surface area contributed by atoms with Crippen LogP contribution in [0.5, 0.6) is 11.5 Å². The van der Waals surface area contributed by atoms with Gasteiger partial charge in [-0.1, -0.05) is 17.8 Å². The van der Waals surface area contributed by atoms with Gasteiger partial charge in [-0.2, -0.15) is 0 Å². The smallest absolute Gasteiger partial charge is 0.191 e. The topological polar surface area (TPSA) is 62.1 Å². The first-order chi connectivity index (χ1) is 14.2. The molecule has 0 saturated heterocycles. The second-order valence-electron chi connectivity index (χ2n) is 6.22. The van der Waals surface area contributed by atoms with Crippen molar-refractivity contribution in [3.63, 3.8) is 0 Å². The van der Waals surface area contributed by atoms with Gasteiger partial charge in [0.15, 0.2) is 16.7 Å². The van der Waals surface area contributed by atoms with Crippen LogP contribution in [-0.4, -0.2) is 34.0 Å². The maximum Gasteiger partial charge on any atom is 0.191 e. The largest absolute Gasteiger partial charge is 0.493 e. The van der Waals surface area contributed by atoms with E-state index in [0.717, 1.165) is 39.4 Å².